The molecule has 82 valence electrons. The van der Waals surface area contributed by atoms with Crippen molar-refractivity contribution in [3.05, 3.63) is 46.6 Å². The lowest BCUT2D eigenvalue weighted by molar-refractivity contribution is 0.496. The van der Waals surface area contributed by atoms with Crippen LogP contribution in [-0.2, 0) is 0 Å². The lowest BCUT2D eigenvalue weighted by Gasteiger charge is -2.03. The molecule has 0 unspecified atom stereocenters. The minimum absolute atomic E-state index is 0.113. The Morgan fingerprint density at radius 2 is 1.69 bits per heavy atom. The van der Waals surface area contributed by atoms with Crippen LogP contribution < -0.4 is 0 Å². The van der Waals surface area contributed by atoms with Crippen LogP contribution in [0.5, 0.6) is 0 Å². The molecule has 0 aliphatic rings. The van der Waals surface area contributed by atoms with Gasteiger partial charge in [0, 0.05) is 11.6 Å². The summed E-state index contributed by atoms with van der Waals surface area (Å²) >= 11 is 4.79. The van der Waals surface area contributed by atoms with Crippen LogP contribution in [0.25, 0.3) is 11.3 Å². The Hall–Kier alpha value is -1.69. The van der Waals surface area contributed by atoms with Crippen LogP contribution in [0.2, 0.25) is 0 Å². The van der Waals surface area contributed by atoms with Crippen molar-refractivity contribution in [3.8, 4) is 11.3 Å². The van der Waals surface area contributed by atoms with Crippen LogP contribution >= 0.6 is 12.2 Å². The van der Waals surface area contributed by atoms with E-state index in [1.54, 1.807) is 0 Å². The van der Waals surface area contributed by atoms with E-state index in [1.807, 2.05) is 0 Å². The van der Waals surface area contributed by atoms with Gasteiger partial charge in [-0.1, -0.05) is 12.2 Å². The van der Waals surface area contributed by atoms with Gasteiger partial charge in [-0.05, 0) is 6.07 Å². The van der Waals surface area contributed by atoms with Crippen molar-refractivity contribution in [2.75, 3.05) is 0 Å². The van der Waals surface area contributed by atoms with Crippen LogP contribution in [-0.4, -0.2) is 9.97 Å². The maximum absolute atomic E-state index is 13.4. The molecule has 1 aromatic heterocycles. The molecule has 0 atom stereocenters. The zero-order chi connectivity index (χ0) is 11.7. The molecule has 1 aromatic carbocycles. The molecule has 16 heavy (non-hydrogen) atoms. The topological polar surface area (TPSA) is 28.7 Å². The normalized spacial score (nSPS) is 10.4. The number of benzene rings is 1. The molecule has 0 saturated heterocycles. The Labute approximate surface area is 93.8 Å². The van der Waals surface area contributed by atoms with E-state index >= 15 is 0 Å². The van der Waals surface area contributed by atoms with Gasteiger partial charge in [0.05, 0.1) is 18.1 Å². The molecule has 1 heterocycles. The summed E-state index contributed by atoms with van der Waals surface area (Å²) in [5.74, 6) is -3.24. The second kappa shape index (κ2) is 4.05. The molecule has 1 N–H and O–H groups in total. The first-order chi connectivity index (χ1) is 7.58. The predicted octanol–water partition coefficient (Wildman–Crippen LogP) is 3.22. The van der Waals surface area contributed by atoms with Crippen molar-refractivity contribution in [1.82, 2.24) is 9.97 Å². The Balaban J connectivity index is 2.65. The van der Waals surface area contributed by atoms with E-state index in [0.717, 1.165) is 6.07 Å². The molecule has 0 spiro atoms. The zero-order valence-electron chi connectivity index (χ0n) is 7.80. The molecule has 2 rings (SSSR count). The van der Waals surface area contributed by atoms with Crippen LogP contribution in [0.1, 0.15) is 0 Å². The Kier molecular flexibility index (Phi) is 2.74. The van der Waals surface area contributed by atoms with E-state index in [2.05, 4.69) is 9.97 Å². The lowest BCUT2D eigenvalue weighted by atomic mass is 10.1. The van der Waals surface area contributed by atoms with Gasteiger partial charge in [0.15, 0.2) is 11.6 Å². The number of halogens is 3. The molecule has 2 aromatic rings. The minimum Gasteiger partial charge on any atom is -0.343 e. The van der Waals surface area contributed by atoms with E-state index in [4.69, 9.17) is 12.2 Å². The average molecular weight is 242 g/mol. The third-order valence-electron chi connectivity index (χ3n) is 1.95. The highest BCUT2D eigenvalue weighted by molar-refractivity contribution is 7.71. The van der Waals surface area contributed by atoms with Crippen LogP contribution in [0.3, 0.4) is 0 Å². The quantitative estimate of drug-likeness (QED) is 0.614. The summed E-state index contributed by atoms with van der Waals surface area (Å²) < 4.78 is 39.3. The van der Waals surface area contributed by atoms with E-state index in [-0.39, 0.29) is 15.9 Å². The number of H-pyrrole nitrogens is 1. The fourth-order valence-corrected chi connectivity index (χ4v) is 1.41. The second-order valence-electron chi connectivity index (χ2n) is 3.06. The maximum atomic E-state index is 13.4. The van der Waals surface area contributed by atoms with Gasteiger partial charge < -0.3 is 4.98 Å². The van der Waals surface area contributed by atoms with Gasteiger partial charge in [-0.25, -0.2) is 13.2 Å². The number of hydrogen-bond donors (Lipinski definition) is 1. The molecule has 0 aliphatic heterocycles. The van der Waals surface area contributed by atoms with Gasteiger partial charge in [-0.15, -0.1) is 0 Å². The third kappa shape index (κ3) is 1.96. The highest BCUT2D eigenvalue weighted by Crippen LogP contribution is 2.22. The Morgan fingerprint density at radius 1 is 1.00 bits per heavy atom. The van der Waals surface area contributed by atoms with Gasteiger partial charge in [0.2, 0.25) is 0 Å². The second-order valence-corrected chi connectivity index (χ2v) is 3.50. The summed E-state index contributed by atoms with van der Waals surface area (Å²) in [7, 11) is 0. The van der Waals surface area contributed by atoms with E-state index < -0.39 is 17.5 Å². The zero-order valence-corrected chi connectivity index (χ0v) is 8.62. The van der Waals surface area contributed by atoms with Crippen molar-refractivity contribution in [2.24, 2.45) is 0 Å². The molecule has 6 heteroatoms. The van der Waals surface area contributed by atoms with Crippen molar-refractivity contribution in [2.45, 2.75) is 0 Å². The molecule has 0 bridgehead atoms. The molecule has 0 amide bonds. The highest BCUT2D eigenvalue weighted by Gasteiger charge is 2.11. The SMILES string of the molecule is Fc1cc(F)c(-c2cncc(=S)[nH]2)cc1F. The molecule has 0 saturated carbocycles. The highest BCUT2D eigenvalue weighted by atomic mass is 32.1. The first-order valence-electron chi connectivity index (χ1n) is 4.27. The van der Waals surface area contributed by atoms with Gasteiger partial charge in [-0.2, -0.15) is 0 Å². The van der Waals surface area contributed by atoms with Crippen LogP contribution in [0.4, 0.5) is 13.2 Å². The molecule has 0 aliphatic carbocycles. The van der Waals surface area contributed by atoms with Gasteiger partial charge in [-0.3, -0.25) is 4.98 Å². The number of rotatable bonds is 1. The van der Waals surface area contributed by atoms with Crippen molar-refractivity contribution in [3.63, 3.8) is 0 Å². The molecular formula is C10H5F3N2S. The number of aromatic amines is 1. The summed E-state index contributed by atoms with van der Waals surface area (Å²) in [6.45, 7) is 0. The summed E-state index contributed by atoms with van der Waals surface area (Å²) in [6, 6.07) is 1.24. The van der Waals surface area contributed by atoms with E-state index in [1.165, 1.54) is 12.4 Å². The number of aromatic nitrogens is 2. The van der Waals surface area contributed by atoms with Crippen molar-refractivity contribution >= 4 is 12.2 Å². The number of nitrogens with one attached hydrogen (secondary N) is 1. The monoisotopic (exact) mass is 242 g/mol. The standard InChI is InChI=1S/C10H5F3N2S/c11-6-2-8(13)7(12)1-5(6)9-3-14-4-10(16)15-9/h1-4H,(H,15,16). The molecular weight excluding hydrogens is 237 g/mol. The lowest BCUT2D eigenvalue weighted by Crippen LogP contribution is -1.94. The number of nitrogens with zero attached hydrogens (tertiary/aromatic N) is 1. The van der Waals surface area contributed by atoms with Gasteiger partial charge in [0.1, 0.15) is 10.5 Å². The maximum Gasteiger partial charge on any atom is 0.161 e. The summed E-state index contributed by atoms with van der Waals surface area (Å²) in [4.78, 5) is 6.37. The Bertz CT molecular complexity index is 595. The largest absolute Gasteiger partial charge is 0.343 e. The van der Waals surface area contributed by atoms with Crippen molar-refractivity contribution < 1.29 is 13.2 Å². The Morgan fingerprint density at radius 3 is 2.38 bits per heavy atom. The van der Waals surface area contributed by atoms with Gasteiger partial charge >= 0.3 is 0 Å². The summed E-state index contributed by atoms with van der Waals surface area (Å²) in [5, 5.41) is 0. The third-order valence-corrected chi connectivity index (χ3v) is 2.16. The number of hydrogen-bond acceptors (Lipinski definition) is 2. The van der Waals surface area contributed by atoms with E-state index in [0.29, 0.717) is 6.07 Å². The fourth-order valence-electron chi connectivity index (χ4n) is 1.24. The summed E-state index contributed by atoms with van der Waals surface area (Å²) in [6.07, 6.45) is 2.64. The smallest absolute Gasteiger partial charge is 0.161 e. The van der Waals surface area contributed by atoms with Crippen LogP contribution in [0.15, 0.2) is 24.5 Å². The summed E-state index contributed by atoms with van der Waals surface area (Å²) in [5.41, 5.74) is 0.0852. The first-order valence-corrected chi connectivity index (χ1v) is 4.68. The first kappa shape index (κ1) is 10.8. The van der Waals surface area contributed by atoms with Crippen LogP contribution in [0, 0.1) is 22.1 Å². The van der Waals surface area contributed by atoms with E-state index in [9.17, 15) is 13.2 Å². The van der Waals surface area contributed by atoms with Gasteiger partial charge in [0.25, 0.3) is 0 Å². The molecule has 0 fully saturated rings. The van der Waals surface area contributed by atoms with Crippen molar-refractivity contribution in [1.29, 1.82) is 0 Å². The fraction of sp³-hybridized carbons (Fsp3) is 0. The minimum atomic E-state index is -1.23. The average Bonchev–Trinajstić information content (AvgIpc) is 2.23. The molecule has 0 radical (unpaired) electrons. The predicted molar refractivity (Wildman–Crippen MR) is 54.7 cm³/mol. The molecule has 2 nitrogen and oxygen atoms in total.